The summed E-state index contributed by atoms with van der Waals surface area (Å²) in [5.74, 6) is -3.52. The van der Waals surface area contributed by atoms with E-state index in [0.29, 0.717) is 13.1 Å². The second-order valence-corrected chi connectivity index (χ2v) is 11.1. The molecule has 1 saturated carbocycles. The van der Waals surface area contributed by atoms with Gasteiger partial charge in [0, 0.05) is 44.4 Å². The van der Waals surface area contributed by atoms with Crippen LogP contribution in [0.5, 0.6) is 0 Å². The molecule has 39 heavy (non-hydrogen) atoms. The smallest absolute Gasteiger partial charge is 0.410 e. The Hall–Kier alpha value is -3.59. The van der Waals surface area contributed by atoms with E-state index >= 15 is 0 Å². The minimum Gasteiger partial charge on any atom is -0.478 e. The van der Waals surface area contributed by atoms with E-state index in [-0.39, 0.29) is 41.1 Å². The van der Waals surface area contributed by atoms with Crippen LogP contribution in [-0.2, 0) is 34.3 Å². The maximum absolute atomic E-state index is 13.2. The predicted octanol–water partition coefficient (Wildman–Crippen LogP) is -3.07. The Morgan fingerprint density at radius 1 is 1.36 bits per heavy atom. The summed E-state index contributed by atoms with van der Waals surface area (Å²) >= 11 is 0.954. The van der Waals surface area contributed by atoms with Gasteiger partial charge in [0.05, 0.1) is 12.6 Å². The summed E-state index contributed by atoms with van der Waals surface area (Å²) in [6, 6.07) is -2.91. The third-order valence-corrected chi connectivity index (χ3v) is 7.76. The number of hydrogen-bond acceptors (Lipinski definition) is 14. The maximum atomic E-state index is 13.2. The number of carbonyl (C=O) groups is 4. The summed E-state index contributed by atoms with van der Waals surface area (Å²) in [5.41, 5.74) is 8.85. The highest BCUT2D eigenvalue weighted by Crippen LogP contribution is 2.40. The number of nitrogens with zero attached hydrogens (tertiary/aromatic N) is 4. The van der Waals surface area contributed by atoms with Crippen LogP contribution < -0.4 is 22.1 Å². The van der Waals surface area contributed by atoms with E-state index in [1.54, 1.807) is 0 Å². The van der Waals surface area contributed by atoms with Crippen LogP contribution in [0.2, 0.25) is 0 Å². The molecule has 0 aromatic carbocycles. The van der Waals surface area contributed by atoms with Crippen LogP contribution in [0.1, 0.15) is 18.5 Å². The number of anilines is 1. The van der Waals surface area contributed by atoms with Gasteiger partial charge in [-0.15, -0.1) is 11.3 Å². The van der Waals surface area contributed by atoms with Gasteiger partial charge in [-0.3, -0.25) is 14.1 Å². The van der Waals surface area contributed by atoms with Gasteiger partial charge in [0.2, 0.25) is 5.60 Å². The highest BCUT2D eigenvalue weighted by Gasteiger charge is 2.56. The average molecular weight is 591 g/mol. The quantitative estimate of drug-likeness (QED) is 0.0437. The van der Waals surface area contributed by atoms with Crippen LogP contribution in [0.25, 0.3) is 0 Å². The molecule has 0 spiro atoms. The van der Waals surface area contributed by atoms with Gasteiger partial charge in [-0.2, -0.15) is 8.42 Å². The average Bonchev–Trinajstić information content (AvgIpc) is 3.41. The molecule has 3 amide bonds. The number of carboxylic acid groups (broad SMARTS) is 1. The van der Waals surface area contributed by atoms with Crippen molar-refractivity contribution < 1.29 is 46.8 Å². The zero-order valence-corrected chi connectivity index (χ0v) is 21.8. The SMILES string of the molecule is NCCNCC1CN(C[C@H]2C(NC(=O)/C(=N\OC3(C(=O)O)CC3)c3csc(N)n3)C(=O)N2S(=O)(=O)O)C(=O)O1. The number of oxime groups is 1. The molecule has 3 atom stereocenters. The number of nitrogens with one attached hydrogen (secondary N) is 2. The Morgan fingerprint density at radius 2 is 2.08 bits per heavy atom. The van der Waals surface area contributed by atoms with Crippen molar-refractivity contribution >= 4 is 56.4 Å². The number of carboxylic acids is 1. The molecule has 2 unspecified atom stereocenters. The van der Waals surface area contributed by atoms with Crippen LogP contribution >= 0.6 is 11.3 Å². The first kappa shape index (κ1) is 28.4. The fourth-order valence-electron chi connectivity index (χ4n) is 3.96. The Bertz CT molecular complexity index is 1300. The Balaban J connectivity index is 1.51. The van der Waals surface area contributed by atoms with Crippen molar-refractivity contribution in [3.63, 3.8) is 0 Å². The standard InChI is InChI=1S/C19H26N8O10S2/c20-3-4-22-5-9-6-26(18(32)36-9)7-11-13(15(29)27(11)39(33,34)35)24-14(28)12(10-8-38-17(21)23-10)25-37-19(1-2-19)16(30)31/h8-9,11,13,22H,1-7,20H2,(H2,21,23)(H,24,28)(H,30,31)(H,33,34,35)/b25-12-/t9?,11-,13?/m0/s1. The van der Waals surface area contributed by atoms with Crippen LogP contribution in [0.3, 0.4) is 0 Å². The van der Waals surface area contributed by atoms with Gasteiger partial charge < -0.3 is 41.7 Å². The predicted molar refractivity (Wildman–Crippen MR) is 132 cm³/mol. The number of rotatable bonds is 13. The van der Waals surface area contributed by atoms with E-state index in [9.17, 15) is 37.3 Å². The molecule has 4 rings (SSSR count). The Kier molecular flexibility index (Phi) is 7.93. The fourth-order valence-corrected chi connectivity index (χ4v) is 5.38. The summed E-state index contributed by atoms with van der Waals surface area (Å²) in [5, 5.41) is 19.7. The summed E-state index contributed by atoms with van der Waals surface area (Å²) in [4.78, 5) is 59.8. The molecule has 1 aromatic heterocycles. The zero-order chi connectivity index (χ0) is 28.5. The molecule has 20 heteroatoms. The second kappa shape index (κ2) is 10.9. The first-order valence-electron chi connectivity index (χ1n) is 11.5. The van der Waals surface area contributed by atoms with Gasteiger partial charge in [-0.05, 0) is 0 Å². The van der Waals surface area contributed by atoms with Gasteiger partial charge in [0.1, 0.15) is 17.8 Å². The minimum atomic E-state index is -5.04. The minimum absolute atomic E-state index is 0.0387. The number of nitrogens with two attached hydrogens (primary N) is 2. The lowest BCUT2D eigenvalue weighted by atomic mass is 9.97. The fraction of sp³-hybridized carbons (Fsp3) is 0.579. The van der Waals surface area contributed by atoms with Gasteiger partial charge >= 0.3 is 22.4 Å². The van der Waals surface area contributed by atoms with E-state index in [1.165, 1.54) is 5.38 Å². The van der Waals surface area contributed by atoms with Crippen molar-refractivity contribution in [2.75, 3.05) is 38.5 Å². The van der Waals surface area contributed by atoms with Crippen LogP contribution in [0.4, 0.5) is 9.93 Å². The highest BCUT2D eigenvalue weighted by atomic mass is 32.2. The number of thiazole rings is 1. The number of hydrogen-bond donors (Lipinski definition) is 6. The van der Waals surface area contributed by atoms with Gasteiger partial charge in [-0.25, -0.2) is 18.9 Å². The largest absolute Gasteiger partial charge is 0.478 e. The van der Waals surface area contributed by atoms with Gasteiger partial charge in [0.25, 0.3) is 11.8 Å². The lowest BCUT2D eigenvalue weighted by molar-refractivity contribution is -0.153. The van der Waals surface area contributed by atoms with Crippen LogP contribution in [-0.4, -0.2) is 118 Å². The molecule has 3 aliphatic rings. The number of nitrogen functional groups attached to an aromatic ring is 1. The normalized spacial score (nSPS) is 24.3. The molecule has 1 aromatic rings. The van der Waals surface area contributed by atoms with E-state index < -0.39 is 70.2 Å². The van der Waals surface area contributed by atoms with Crippen molar-refractivity contribution in [2.45, 2.75) is 36.6 Å². The van der Waals surface area contributed by atoms with Crippen molar-refractivity contribution in [2.24, 2.45) is 10.9 Å². The van der Waals surface area contributed by atoms with E-state index in [2.05, 4.69) is 20.8 Å². The number of β-lactam (4-membered cyclic amide) rings is 1. The third-order valence-electron chi connectivity index (χ3n) is 6.14. The molecule has 2 aliphatic heterocycles. The topological polar surface area (TPSA) is 269 Å². The Morgan fingerprint density at radius 3 is 2.64 bits per heavy atom. The monoisotopic (exact) mass is 590 g/mol. The van der Waals surface area contributed by atoms with Gasteiger partial charge in [0.15, 0.2) is 10.8 Å². The second-order valence-electron chi connectivity index (χ2n) is 8.94. The molecule has 3 heterocycles. The number of aromatic nitrogens is 1. The lowest BCUT2D eigenvalue weighted by Gasteiger charge is -2.45. The molecular weight excluding hydrogens is 564 g/mol. The van der Waals surface area contributed by atoms with Crippen molar-refractivity contribution in [3.8, 4) is 0 Å². The number of carbonyl (C=O) groups excluding carboxylic acids is 3. The van der Waals surface area contributed by atoms with Crippen molar-refractivity contribution in [1.29, 1.82) is 0 Å². The number of cyclic esters (lactones) is 1. The van der Waals surface area contributed by atoms with Crippen LogP contribution in [0.15, 0.2) is 10.5 Å². The highest BCUT2D eigenvalue weighted by molar-refractivity contribution is 7.84. The van der Waals surface area contributed by atoms with Crippen molar-refractivity contribution in [3.05, 3.63) is 11.1 Å². The molecule has 0 radical (unpaired) electrons. The van der Waals surface area contributed by atoms with E-state index in [4.69, 9.17) is 21.0 Å². The summed E-state index contributed by atoms with van der Waals surface area (Å²) in [7, 11) is -5.04. The number of amides is 3. The molecule has 8 N–H and O–H groups in total. The maximum Gasteiger partial charge on any atom is 0.410 e. The summed E-state index contributed by atoms with van der Waals surface area (Å²) in [6.07, 6.45) is -1.06. The molecule has 3 fully saturated rings. The van der Waals surface area contributed by atoms with Crippen LogP contribution in [0, 0.1) is 0 Å². The molecule has 1 aliphatic carbocycles. The van der Waals surface area contributed by atoms with Gasteiger partial charge in [-0.1, -0.05) is 5.16 Å². The van der Waals surface area contributed by atoms with Crippen molar-refractivity contribution in [1.82, 2.24) is 24.8 Å². The molecule has 214 valence electrons. The van der Waals surface area contributed by atoms with E-state index in [0.717, 1.165) is 16.2 Å². The number of ether oxygens (including phenoxy) is 1. The molecular formula is C19H26N8O10S2. The molecule has 0 bridgehead atoms. The first-order chi connectivity index (χ1) is 18.4. The molecule has 18 nitrogen and oxygen atoms in total. The Labute approximate surface area is 225 Å². The first-order valence-corrected chi connectivity index (χ1v) is 13.8. The summed E-state index contributed by atoms with van der Waals surface area (Å²) in [6.45, 7) is 0.746. The third kappa shape index (κ3) is 6.03. The van der Waals surface area contributed by atoms with E-state index in [1.807, 2.05) is 0 Å². The summed E-state index contributed by atoms with van der Waals surface area (Å²) < 4.78 is 38.7. The lowest BCUT2D eigenvalue weighted by Crippen LogP contribution is -2.74. The number of aliphatic carboxylic acids is 1. The zero-order valence-electron chi connectivity index (χ0n) is 20.2. The molecule has 2 saturated heterocycles.